The first-order valence-corrected chi connectivity index (χ1v) is 12.5. The van der Waals surface area contributed by atoms with Crippen LogP contribution in [0.4, 0.5) is 17.3 Å². The van der Waals surface area contributed by atoms with Gasteiger partial charge in [-0.1, -0.05) is 0 Å². The number of nitrogens with one attached hydrogen (secondary N) is 1. The van der Waals surface area contributed by atoms with Gasteiger partial charge in [-0.3, -0.25) is 4.79 Å². The molecule has 1 aromatic carbocycles. The Labute approximate surface area is 206 Å². The van der Waals surface area contributed by atoms with E-state index in [2.05, 4.69) is 33.3 Å². The molecule has 0 spiro atoms. The third-order valence-electron chi connectivity index (χ3n) is 7.40. The molecule has 2 aliphatic rings. The Morgan fingerprint density at radius 3 is 2.46 bits per heavy atom. The van der Waals surface area contributed by atoms with Crippen molar-refractivity contribution in [1.29, 1.82) is 0 Å². The zero-order valence-corrected chi connectivity index (χ0v) is 20.9. The van der Waals surface area contributed by atoms with Gasteiger partial charge in [0.15, 0.2) is 5.65 Å². The molecule has 0 bridgehead atoms. The Kier molecular flexibility index (Phi) is 6.88. The lowest BCUT2D eigenvalue weighted by atomic mass is 10.0. The topological polar surface area (TPSA) is 78.2 Å². The van der Waals surface area contributed by atoms with Crippen LogP contribution >= 0.6 is 0 Å². The van der Waals surface area contributed by atoms with Crippen molar-refractivity contribution in [3.63, 3.8) is 0 Å². The van der Waals surface area contributed by atoms with Gasteiger partial charge in [-0.05, 0) is 82.2 Å². The Morgan fingerprint density at radius 2 is 1.77 bits per heavy atom. The summed E-state index contributed by atoms with van der Waals surface area (Å²) >= 11 is 0. The quantitative estimate of drug-likeness (QED) is 0.584. The van der Waals surface area contributed by atoms with E-state index in [-0.39, 0.29) is 5.91 Å². The normalized spacial score (nSPS) is 18.2. The van der Waals surface area contributed by atoms with Crippen LogP contribution in [-0.4, -0.2) is 89.8 Å². The van der Waals surface area contributed by atoms with Gasteiger partial charge >= 0.3 is 0 Å². The molecular formula is C26H35N7O2. The van der Waals surface area contributed by atoms with Gasteiger partial charge in [0.2, 0.25) is 5.95 Å². The lowest BCUT2D eigenvalue weighted by Gasteiger charge is -2.35. The first kappa shape index (κ1) is 23.6. The average Bonchev–Trinajstić information content (AvgIpc) is 3.31. The number of hydrogen-bond acceptors (Lipinski definition) is 7. The van der Waals surface area contributed by atoms with Crippen LogP contribution in [0.5, 0.6) is 0 Å². The van der Waals surface area contributed by atoms with E-state index in [0.29, 0.717) is 23.7 Å². The maximum absolute atomic E-state index is 13.0. The van der Waals surface area contributed by atoms with E-state index >= 15 is 0 Å². The van der Waals surface area contributed by atoms with E-state index in [4.69, 9.17) is 9.72 Å². The third-order valence-corrected chi connectivity index (χ3v) is 7.40. The van der Waals surface area contributed by atoms with Crippen molar-refractivity contribution in [2.45, 2.75) is 37.8 Å². The maximum atomic E-state index is 13.0. The Bertz CT molecular complexity index is 1150. The van der Waals surface area contributed by atoms with Crippen molar-refractivity contribution in [3.05, 3.63) is 48.2 Å². The van der Waals surface area contributed by atoms with Crippen LogP contribution in [-0.2, 0) is 4.74 Å². The van der Waals surface area contributed by atoms with Crippen molar-refractivity contribution >= 4 is 28.9 Å². The molecule has 186 valence electrons. The summed E-state index contributed by atoms with van der Waals surface area (Å²) in [4.78, 5) is 24.3. The second kappa shape index (κ2) is 10.2. The fourth-order valence-electron chi connectivity index (χ4n) is 5.10. The largest absolute Gasteiger partial charge is 0.381 e. The number of fused-ring (bicyclic) bond motifs is 1. The van der Waals surface area contributed by atoms with Crippen LogP contribution in [0.1, 0.15) is 36.0 Å². The minimum atomic E-state index is 0.0684. The zero-order valence-electron chi connectivity index (χ0n) is 20.9. The number of anilines is 3. The van der Waals surface area contributed by atoms with E-state index in [0.717, 1.165) is 68.9 Å². The Morgan fingerprint density at radius 1 is 1.06 bits per heavy atom. The highest BCUT2D eigenvalue weighted by Crippen LogP contribution is 2.26. The van der Waals surface area contributed by atoms with Crippen LogP contribution in [0.3, 0.4) is 0 Å². The fraction of sp³-hybridized carbons (Fsp3) is 0.500. The SMILES string of the molecule is COC1CCN(c2cccn3nc(Nc4ccc(C(=O)N(C)C5CCN(C)CC5)cc4)nc23)CC1. The molecule has 1 amide bonds. The number of methoxy groups -OCH3 is 1. The van der Waals surface area contributed by atoms with E-state index in [1.165, 1.54) is 0 Å². The average molecular weight is 478 g/mol. The molecule has 3 aromatic rings. The van der Waals surface area contributed by atoms with Crippen LogP contribution in [0, 0.1) is 0 Å². The first-order valence-electron chi connectivity index (χ1n) is 12.5. The summed E-state index contributed by atoms with van der Waals surface area (Å²) in [5.41, 5.74) is 3.46. The molecule has 4 heterocycles. The van der Waals surface area contributed by atoms with Crippen molar-refractivity contribution in [3.8, 4) is 0 Å². The summed E-state index contributed by atoms with van der Waals surface area (Å²) in [5.74, 6) is 0.602. The number of likely N-dealkylation sites (tertiary alicyclic amines) is 1. The van der Waals surface area contributed by atoms with Gasteiger partial charge < -0.3 is 24.8 Å². The molecule has 0 unspecified atom stereocenters. The number of carbonyl (C=O) groups is 1. The summed E-state index contributed by atoms with van der Waals surface area (Å²) in [6.07, 6.45) is 6.30. The molecule has 2 fully saturated rings. The highest BCUT2D eigenvalue weighted by molar-refractivity contribution is 5.94. The molecule has 0 aliphatic carbocycles. The summed E-state index contributed by atoms with van der Waals surface area (Å²) in [6, 6.07) is 12.0. The molecule has 1 N–H and O–H groups in total. The van der Waals surface area contributed by atoms with Gasteiger partial charge in [0.25, 0.3) is 5.91 Å². The third kappa shape index (κ3) is 5.11. The van der Waals surface area contributed by atoms with Gasteiger partial charge in [-0.2, -0.15) is 4.98 Å². The molecule has 35 heavy (non-hydrogen) atoms. The van der Waals surface area contributed by atoms with Crippen LogP contribution < -0.4 is 10.2 Å². The lowest BCUT2D eigenvalue weighted by Crippen LogP contribution is -2.44. The van der Waals surface area contributed by atoms with Crippen molar-refractivity contribution in [1.82, 2.24) is 24.4 Å². The number of ether oxygens (including phenoxy) is 1. The van der Waals surface area contributed by atoms with E-state index < -0.39 is 0 Å². The maximum Gasteiger partial charge on any atom is 0.253 e. The second-order valence-corrected chi connectivity index (χ2v) is 9.67. The minimum Gasteiger partial charge on any atom is -0.381 e. The summed E-state index contributed by atoms with van der Waals surface area (Å²) in [7, 11) is 5.83. The molecule has 9 heteroatoms. The van der Waals surface area contributed by atoms with Crippen molar-refractivity contribution < 1.29 is 9.53 Å². The molecule has 2 aromatic heterocycles. The monoisotopic (exact) mass is 477 g/mol. The van der Waals surface area contributed by atoms with Crippen LogP contribution in [0.15, 0.2) is 42.6 Å². The highest BCUT2D eigenvalue weighted by atomic mass is 16.5. The Balaban J connectivity index is 1.26. The molecule has 5 rings (SSSR count). The van der Waals surface area contributed by atoms with Gasteiger partial charge in [0.1, 0.15) is 0 Å². The zero-order chi connectivity index (χ0) is 24.4. The number of pyridine rings is 1. The number of aromatic nitrogens is 3. The number of nitrogens with zero attached hydrogens (tertiary/aromatic N) is 6. The number of carbonyl (C=O) groups excluding carboxylic acids is 1. The number of benzene rings is 1. The predicted octanol–water partition coefficient (Wildman–Crippen LogP) is 3.25. The van der Waals surface area contributed by atoms with Gasteiger partial charge in [-0.15, -0.1) is 5.10 Å². The molecule has 9 nitrogen and oxygen atoms in total. The molecule has 0 atom stereocenters. The van der Waals surface area contributed by atoms with Gasteiger partial charge in [0.05, 0.1) is 11.8 Å². The van der Waals surface area contributed by atoms with Crippen LogP contribution in [0.25, 0.3) is 5.65 Å². The molecule has 2 aliphatic heterocycles. The molecule has 2 saturated heterocycles. The van der Waals surface area contributed by atoms with Gasteiger partial charge in [-0.25, -0.2) is 4.52 Å². The minimum absolute atomic E-state index is 0.0684. The van der Waals surface area contributed by atoms with Crippen molar-refractivity contribution in [2.24, 2.45) is 0 Å². The molecule has 0 saturated carbocycles. The molecule has 0 radical (unpaired) electrons. The summed E-state index contributed by atoms with van der Waals surface area (Å²) in [6.45, 7) is 3.94. The lowest BCUT2D eigenvalue weighted by molar-refractivity contribution is 0.0659. The number of hydrogen-bond donors (Lipinski definition) is 1. The fourth-order valence-corrected chi connectivity index (χ4v) is 5.10. The second-order valence-electron chi connectivity index (χ2n) is 9.67. The van der Waals surface area contributed by atoms with Gasteiger partial charge in [0, 0.05) is 50.7 Å². The summed E-state index contributed by atoms with van der Waals surface area (Å²) in [5, 5.41) is 7.90. The smallest absolute Gasteiger partial charge is 0.253 e. The predicted molar refractivity (Wildman–Crippen MR) is 138 cm³/mol. The van der Waals surface area contributed by atoms with E-state index in [1.807, 2.05) is 53.0 Å². The highest BCUT2D eigenvalue weighted by Gasteiger charge is 2.25. The summed E-state index contributed by atoms with van der Waals surface area (Å²) < 4.78 is 7.32. The van der Waals surface area contributed by atoms with E-state index in [9.17, 15) is 4.79 Å². The standard InChI is InChI=1S/C26H35N7O2/c1-30-15-10-21(11-16-30)31(2)25(34)19-6-8-20(9-7-19)27-26-28-24-23(5-4-14-33(24)29-26)32-17-12-22(35-3)13-18-32/h4-9,14,21-22H,10-13,15-18H2,1-3H3,(H,27,29). The van der Waals surface area contributed by atoms with Crippen molar-refractivity contribution in [2.75, 3.05) is 57.6 Å². The number of amides is 1. The first-order chi connectivity index (χ1) is 17.0. The number of piperidine rings is 2. The number of rotatable bonds is 6. The Hall–Kier alpha value is -3.17. The van der Waals surface area contributed by atoms with Crippen LogP contribution in [0.2, 0.25) is 0 Å². The molecular weight excluding hydrogens is 442 g/mol. The van der Waals surface area contributed by atoms with E-state index in [1.54, 1.807) is 7.11 Å².